The second-order valence-electron chi connectivity index (χ2n) is 6.69. The molecule has 0 aliphatic carbocycles. The second-order valence-corrected chi connectivity index (χ2v) is 7.68. The molecule has 1 aromatic carbocycles. The molecule has 3 rings (SSSR count). The Kier molecular flexibility index (Phi) is 5.27. The summed E-state index contributed by atoms with van der Waals surface area (Å²) in [5, 5.41) is 0.707. The molecular weight excluding hydrogens is 334 g/mol. The maximum Gasteiger partial charge on any atom is 0.257 e. The van der Waals surface area contributed by atoms with Crippen LogP contribution in [-0.2, 0) is 17.9 Å². The zero-order valence-corrected chi connectivity index (χ0v) is 15.6. The van der Waals surface area contributed by atoms with Crippen molar-refractivity contribution in [3.8, 4) is 0 Å². The first-order valence-electron chi connectivity index (χ1n) is 8.51. The Bertz CT molecular complexity index is 817. The Balaban J connectivity index is 1.81. The maximum atomic E-state index is 13.1. The van der Waals surface area contributed by atoms with Crippen molar-refractivity contribution in [2.45, 2.75) is 45.1 Å². The predicted molar refractivity (Wildman–Crippen MR) is 99.6 cm³/mol. The molecule has 132 valence electrons. The third kappa shape index (κ3) is 3.79. The summed E-state index contributed by atoms with van der Waals surface area (Å²) in [6, 6.07) is 10.1. The molecule has 1 atom stereocenters. The minimum Gasteiger partial charge on any atom is -0.336 e. The molecular formula is C19H23N3O2S. The van der Waals surface area contributed by atoms with Crippen LogP contribution in [0.3, 0.4) is 0 Å². The number of fused-ring (bicyclic) bond motifs is 1. The van der Waals surface area contributed by atoms with Gasteiger partial charge in [-0.05, 0) is 26.3 Å². The molecule has 0 saturated heterocycles. The molecule has 1 aliphatic rings. The lowest BCUT2D eigenvalue weighted by Crippen LogP contribution is -2.45. The van der Waals surface area contributed by atoms with E-state index in [1.807, 2.05) is 49.1 Å². The van der Waals surface area contributed by atoms with E-state index in [0.29, 0.717) is 29.6 Å². The third-order valence-corrected chi connectivity index (χ3v) is 5.60. The lowest BCUT2D eigenvalue weighted by atomic mass is 10.1. The summed E-state index contributed by atoms with van der Waals surface area (Å²) in [6.45, 7) is 6.82. The van der Waals surface area contributed by atoms with Crippen LogP contribution in [0.4, 0.5) is 0 Å². The molecule has 5 nitrogen and oxygen atoms in total. The van der Waals surface area contributed by atoms with Crippen molar-refractivity contribution in [3.63, 3.8) is 0 Å². The summed E-state index contributed by atoms with van der Waals surface area (Å²) in [4.78, 5) is 31.7. The predicted octanol–water partition coefficient (Wildman–Crippen LogP) is 2.71. The third-order valence-electron chi connectivity index (χ3n) is 4.45. The fourth-order valence-electron chi connectivity index (χ4n) is 2.98. The van der Waals surface area contributed by atoms with Crippen molar-refractivity contribution in [1.29, 1.82) is 0 Å². The molecule has 0 radical (unpaired) electrons. The molecule has 0 N–H and O–H groups in total. The van der Waals surface area contributed by atoms with E-state index >= 15 is 0 Å². The van der Waals surface area contributed by atoms with Crippen LogP contribution in [0.25, 0.3) is 0 Å². The molecule has 0 saturated carbocycles. The van der Waals surface area contributed by atoms with Crippen LogP contribution in [0.5, 0.6) is 0 Å². The van der Waals surface area contributed by atoms with Gasteiger partial charge in [0.25, 0.3) is 5.56 Å². The van der Waals surface area contributed by atoms with Gasteiger partial charge in [0.15, 0.2) is 5.16 Å². The number of amides is 1. The van der Waals surface area contributed by atoms with Crippen LogP contribution in [-0.4, -0.2) is 32.2 Å². The van der Waals surface area contributed by atoms with Gasteiger partial charge in [0, 0.05) is 36.6 Å². The molecule has 6 heteroatoms. The Morgan fingerprint density at radius 2 is 2.08 bits per heavy atom. The Hall–Kier alpha value is -2.08. The van der Waals surface area contributed by atoms with Gasteiger partial charge in [-0.15, -0.1) is 0 Å². The number of carbonyl (C=O) groups excluding carboxylic acids is 1. The van der Waals surface area contributed by atoms with Gasteiger partial charge in [0.2, 0.25) is 5.91 Å². The summed E-state index contributed by atoms with van der Waals surface area (Å²) in [6.07, 6.45) is 1.61. The molecule has 1 amide bonds. The molecule has 25 heavy (non-hydrogen) atoms. The lowest BCUT2D eigenvalue weighted by Gasteiger charge is -2.33. The van der Waals surface area contributed by atoms with Crippen LogP contribution in [0.15, 0.2) is 46.5 Å². The van der Waals surface area contributed by atoms with Crippen molar-refractivity contribution in [3.05, 3.63) is 58.0 Å². The number of hydrogen-bond acceptors (Lipinski definition) is 4. The van der Waals surface area contributed by atoms with Gasteiger partial charge < -0.3 is 4.90 Å². The van der Waals surface area contributed by atoms with Gasteiger partial charge in [0.1, 0.15) is 0 Å². The van der Waals surface area contributed by atoms with Crippen LogP contribution in [0, 0.1) is 12.8 Å². The molecule has 0 bridgehead atoms. The molecule has 1 aromatic heterocycles. The summed E-state index contributed by atoms with van der Waals surface area (Å²) in [7, 11) is 0. The van der Waals surface area contributed by atoms with E-state index in [4.69, 9.17) is 0 Å². The summed E-state index contributed by atoms with van der Waals surface area (Å²) in [5.41, 5.74) is 1.68. The molecule has 0 spiro atoms. The van der Waals surface area contributed by atoms with Crippen molar-refractivity contribution in [2.75, 3.05) is 5.75 Å². The number of thioether (sulfide) groups is 1. The van der Waals surface area contributed by atoms with E-state index in [0.717, 1.165) is 5.56 Å². The first-order chi connectivity index (χ1) is 12.0. The Morgan fingerprint density at radius 1 is 1.36 bits per heavy atom. The van der Waals surface area contributed by atoms with E-state index in [1.54, 1.807) is 17.7 Å². The molecule has 2 heterocycles. The topological polar surface area (TPSA) is 55.2 Å². The quantitative estimate of drug-likeness (QED) is 0.790. The average Bonchev–Trinajstić information content (AvgIpc) is 2.62. The second kappa shape index (κ2) is 7.44. The molecule has 0 fully saturated rings. The highest BCUT2D eigenvalue weighted by Gasteiger charge is 2.31. The minimum atomic E-state index is -0.204. The van der Waals surface area contributed by atoms with E-state index in [1.165, 1.54) is 11.8 Å². The van der Waals surface area contributed by atoms with E-state index < -0.39 is 0 Å². The number of carbonyl (C=O) groups is 1. The number of aromatic nitrogens is 2. The first-order valence-corrected chi connectivity index (χ1v) is 9.49. The van der Waals surface area contributed by atoms with E-state index in [9.17, 15) is 9.59 Å². The van der Waals surface area contributed by atoms with Crippen LogP contribution < -0.4 is 5.56 Å². The minimum absolute atomic E-state index is 0.0471. The van der Waals surface area contributed by atoms with Crippen molar-refractivity contribution < 1.29 is 4.79 Å². The largest absolute Gasteiger partial charge is 0.336 e. The van der Waals surface area contributed by atoms with Gasteiger partial charge in [-0.2, -0.15) is 0 Å². The maximum absolute atomic E-state index is 13.1. The number of benzene rings is 1. The molecule has 1 unspecified atom stereocenters. The number of nitrogens with zero attached hydrogens (tertiary/aromatic N) is 3. The highest BCUT2D eigenvalue weighted by molar-refractivity contribution is 7.99. The summed E-state index contributed by atoms with van der Waals surface area (Å²) >= 11 is 1.49. The van der Waals surface area contributed by atoms with E-state index in [2.05, 4.69) is 4.98 Å². The van der Waals surface area contributed by atoms with Gasteiger partial charge in [-0.1, -0.05) is 42.1 Å². The van der Waals surface area contributed by atoms with Crippen LogP contribution in [0.1, 0.15) is 25.0 Å². The van der Waals surface area contributed by atoms with Crippen LogP contribution >= 0.6 is 11.8 Å². The van der Waals surface area contributed by atoms with Gasteiger partial charge in [0.05, 0.1) is 5.92 Å². The summed E-state index contributed by atoms with van der Waals surface area (Å²) in [5.74, 6) is 0.558. The van der Waals surface area contributed by atoms with Crippen molar-refractivity contribution >= 4 is 17.7 Å². The normalized spacial score (nSPS) is 16.6. The molecule has 1 aliphatic heterocycles. The average molecular weight is 357 g/mol. The monoisotopic (exact) mass is 357 g/mol. The fraction of sp³-hybridized carbons (Fsp3) is 0.421. The van der Waals surface area contributed by atoms with Crippen molar-refractivity contribution in [2.24, 2.45) is 5.92 Å². The Labute approximate surface area is 152 Å². The number of hydrogen-bond donors (Lipinski definition) is 0. The van der Waals surface area contributed by atoms with Crippen molar-refractivity contribution in [1.82, 2.24) is 14.5 Å². The lowest BCUT2D eigenvalue weighted by molar-refractivity contribution is -0.137. The fourth-order valence-corrected chi connectivity index (χ4v) is 4.02. The number of rotatable bonds is 4. The zero-order valence-electron chi connectivity index (χ0n) is 14.8. The number of aryl methyl sites for hydroxylation is 1. The van der Waals surface area contributed by atoms with E-state index in [-0.39, 0.29) is 23.4 Å². The SMILES string of the molecule is Cc1cnc2n(c1=O)CC(C(=O)N(Cc1ccccc1)C(C)C)CS2. The van der Waals surface area contributed by atoms with Gasteiger partial charge >= 0.3 is 0 Å². The highest BCUT2D eigenvalue weighted by atomic mass is 32.2. The molecule has 2 aromatic rings. The van der Waals surface area contributed by atoms with Gasteiger partial charge in [-0.25, -0.2) is 4.98 Å². The summed E-state index contributed by atoms with van der Waals surface area (Å²) < 4.78 is 1.65. The first kappa shape index (κ1) is 17.7. The standard InChI is InChI=1S/C19H23N3O2S/c1-13(2)21(10-15-7-5-4-6-8-15)18(24)16-11-22-17(23)14(3)9-20-19(22)25-12-16/h4-9,13,16H,10-12H2,1-3H3. The van der Waals surface area contributed by atoms with Gasteiger partial charge in [-0.3, -0.25) is 14.2 Å². The Morgan fingerprint density at radius 3 is 2.76 bits per heavy atom. The zero-order chi connectivity index (χ0) is 18.0. The smallest absolute Gasteiger partial charge is 0.257 e. The van der Waals surface area contributed by atoms with Crippen LogP contribution in [0.2, 0.25) is 0 Å². The highest BCUT2D eigenvalue weighted by Crippen LogP contribution is 2.27.